The molecule has 5 nitrogen and oxygen atoms in total. The Hall–Kier alpha value is -0.350. The summed E-state index contributed by atoms with van der Waals surface area (Å²) in [5.74, 6) is 0.392. The predicted octanol–water partition coefficient (Wildman–Crippen LogP) is 3.11. The van der Waals surface area contributed by atoms with Crippen LogP contribution in [-0.4, -0.2) is 31.3 Å². The second-order valence-electron chi connectivity index (χ2n) is 5.38. The Morgan fingerprint density at radius 3 is 2.70 bits per heavy atom. The van der Waals surface area contributed by atoms with Gasteiger partial charge in [-0.2, -0.15) is 0 Å². The van der Waals surface area contributed by atoms with Crippen LogP contribution >= 0.6 is 8.25 Å². The molecule has 0 fully saturated rings. The van der Waals surface area contributed by atoms with E-state index in [1.807, 2.05) is 6.92 Å². The summed E-state index contributed by atoms with van der Waals surface area (Å²) in [5.41, 5.74) is 1.33. The van der Waals surface area contributed by atoms with Gasteiger partial charge in [-0.15, -0.1) is 0 Å². The number of methoxy groups -OCH3 is 1. The Kier molecular flexibility index (Phi) is 12.2. The maximum Gasteiger partial charge on any atom is 0.316 e. The van der Waals surface area contributed by atoms with Crippen molar-refractivity contribution in [2.75, 3.05) is 20.3 Å². The van der Waals surface area contributed by atoms with Gasteiger partial charge < -0.3 is 19.5 Å². The lowest BCUT2D eigenvalue weighted by Crippen LogP contribution is -2.20. The molecule has 0 rings (SSSR count). The molecule has 0 aromatic carbocycles. The first kappa shape index (κ1) is 19.7. The van der Waals surface area contributed by atoms with Gasteiger partial charge in [-0.3, -0.25) is 4.57 Å². The molecule has 20 heavy (non-hydrogen) atoms. The normalized spacial score (nSPS) is 16.8. The van der Waals surface area contributed by atoms with Gasteiger partial charge in [0, 0.05) is 20.3 Å². The SMILES string of the molecule is COCCCC/C(C)=C/NCC(C)CC(C)O[PH](=O)O. The fourth-order valence-electron chi connectivity index (χ4n) is 2.03. The highest BCUT2D eigenvalue weighted by molar-refractivity contribution is 7.32. The Bertz CT molecular complexity index is 297. The lowest BCUT2D eigenvalue weighted by Gasteiger charge is -2.16. The van der Waals surface area contributed by atoms with Crippen LogP contribution in [0.3, 0.4) is 0 Å². The number of nitrogens with one attached hydrogen (secondary N) is 1. The average Bonchev–Trinajstić information content (AvgIpc) is 2.33. The largest absolute Gasteiger partial charge is 0.391 e. The second-order valence-corrected chi connectivity index (χ2v) is 6.15. The Labute approximate surface area is 123 Å². The van der Waals surface area contributed by atoms with E-state index in [9.17, 15) is 4.57 Å². The molecule has 3 unspecified atom stereocenters. The number of ether oxygens (including phenoxy) is 1. The minimum absolute atomic E-state index is 0.178. The van der Waals surface area contributed by atoms with Crippen molar-refractivity contribution >= 4 is 8.25 Å². The lowest BCUT2D eigenvalue weighted by molar-refractivity contribution is 0.178. The molecule has 0 aromatic rings. The molecular weight excluding hydrogens is 277 g/mol. The summed E-state index contributed by atoms with van der Waals surface area (Å²) in [6.07, 6.45) is 5.96. The summed E-state index contributed by atoms with van der Waals surface area (Å²) >= 11 is 0. The van der Waals surface area contributed by atoms with E-state index >= 15 is 0 Å². The van der Waals surface area contributed by atoms with E-state index < -0.39 is 8.25 Å². The highest BCUT2D eigenvalue weighted by atomic mass is 31.1. The summed E-state index contributed by atoms with van der Waals surface area (Å²) in [6, 6.07) is 0. The van der Waals surface area contributed by atoms with Crippen LogP contribution in [0, 0.1) is 5.92 Å². The van der Waals surface area contributed by atoms with E-state index in [2.05, 4.69) is 25.4 Å². The van der Waals surface area contributed by atoms with Gasteiger partial charge in [0.15, 0.2) is 0 Å². The molecule has 0 radical (unpaired) electrons. The molecule has 0 spiro atoms. The fourth-order valence-corrected chi connectivity index (χ4v) is 2.47. The van der Waals surface area contributed by atoms with Crippen LogP contribution in [0.25, 0.3) is 0 Å². The van der Waals surface area contributed by atoms with E-state index in [1.165, 1.54) is 5.57 Å². The van der Waals surface area contributed by atoms with Crippen molar-refractivity contribution in [3.8, 4) is 0 Å². The van der Waals surface area contributed by atoms with E-state index in [4.69, 9.17) is 14.2 Å². The summed E-state index contributed by atoms with van der Waals surface area (Å²) < 4.78 is 20.5. The first-order valence-electron chi connectivity index (χ1n) is 7.23. The monoisotopic (exact) mass is 307 g/mol. The van der Waals surface area contributed by atoms with E-state index in [0.717, 1.165) is 38.8 Å². The molecule has 0 amide bonds. The van der Waals surface area contributed by atoms with E-state index in [-0.39, 0.29) is 6.10 Å². The summed E-state index contributed by atoms with van der Waals surface area (Å²) in [4.78, 5) is 8.70. The zero-order valence-electron chi connectivity index (χ0n) is 13.1. The number of hydrogen-bond acceptors (Lipinski definition) is 4. The first-order valence-corrected chi connectivity index (χ1v) is 8.49. The third-order valence-electron chi connectivity index (χ3n) is 3.02. The number of unbranched alkanes of at least 4 members (excludes halogenated alkanes) is 1. The van der Waals surface area contributed by atoms with Crippen LogP contribution in [0.4, 0.5) is 0 Å². The maximum atomic E-state index is 10.6. The molecule has 0 saturated carbocycles. The number of rotatable bonds is 12. The van der Waals surface area contributed by atoms with Crippen molar-refractivity contribution in [3.63, 3.8) is 0 Å². The molecule has 0 heterocycles. The van der Waals surface area contributed by atoms with Gasteiger partial charge in [0.05, 0.1) is 6.10 Å². The molecule has 0 aromatic heterocycles. The van der Waals surface area contributed by atoms with Gasteiger partial charge in [-0.05, 0) is 51.6 Å². The third kappa shape index (κ3) is 12.7. The highest BCUT2D eigenvalue weighted by Crippen LogP contribution is 2.21. The maximum absolute atomic E-state index is 10.6. The Morgan fingerprint density at radius 2 is 2.10 bits per heavy atom. The molecule has 3 atom stereocenters. The molecule has 0 saturated heterocycles. The van der Waals surface area contributed by atoms with Crippen LogP contribution in [0.2, 0.25) is 0 Å². The number of allylic oxidation sites excluding steroid dienone is 1. The van der Waals surface area contributed by atoms with Crippen molar-refractivity contribution in [3.05, 3.63) is 11.8 Å². The van der Waals surface area contributed by atoms with Gasteiger partial charge in [-0.1, -0.05) is 12.5 Å². The predicted molar refractivity (Wildman–Crippen MR) is 83.0 cm³/mol. The van der Waals surface area contributed by atoms with Crippen molar-refractivity contribution in [1.29, 1.82) is 0 Å². The fraction of sp³-hybridized carbons (Fsp3) is 0.857. The minimum Gasteiger partial charge on any atom is -0.391 e. The quantitative estimate of drug-likeness (QED) is 0.428. The molecular formula is C14H30NO4P. The van der Waals surface area contributed by atoms with Crippen molar-refractivity contribution < 1.29 is 18.7 Å². The summed E-state index contributed by atoms with van der Waals surface area (Å²) in [6.45, 7) is 7.71. The first-order chi connectivity index (χ1) is 9.45. The topological polar surface area (TPSA) is 67.8 Å². The van der Waals surface area contributed by atoms with Crippen molar-refractivity contribution in [2.45, 2.75) is 52.6 Å². The van der Waals surface area contributed by atoms with Crippen molar-refractivity contribution in [1.82, 2.24) is 5.32 Å². The summed E-state index contributed by atoms with van der Waals surface area (Å²) in [5, 5.41) is 3.30. The summed E-state index contributed by atoms with van der Waals surface area (Å²) in [7, 11) is -1.09. The van der Waals surface area contributed by atoms with Gasteiger partial charge >= 0.3 is 8.25 Å². The zero-order chi connectivity index (χ0) is 15.4. The third-order valence-corrected chi connectivity index (χ3v) is 3.62. The van der Waals surface area contributed by atoms with Crippen LogP contribution in [0.5, 0.6) is 0 Å². The van der Waals surface area contributed by atoms with Crippen LogP contribution in [-0.2, 0) is 13.8 Å². The molecule has 0 bridgehead atoms. The van der Waals surface area contributed by atoms with Crippen molar-refractivity contribution in [2.24, 2.45) is 5.92 Å². The van der Waals surface area contributed by atoms with E-state index in [1.54, 1.807) is 7.11 Å². The average molecular weight is 307 g/mol. The molecule has 6 heteroatoms. The smallest absolute Gasteiger partial charge is 0.316 e. The molecule has 2 N–H and O–H groups in total. The highest BCUT2D eigenvalue weighted by Gasteiger charge is 2.10. The van der Waals surface area contributed by atoms with Gasteiger partial charge in [0.2, 0.25) is 0 Å². The molecule has 120 valence electrons. The molecule has 0 aliphatic carbocycles. The van der Waals surface area contributed by atoms with Crippen LogP contribution < -0.4 is 5.32 Å². The second kappa shape index (κ2) is 12.4. The van der Waals surface area contributed by atoms with Gasteiger partial charge in [-0.25, -0.2) is 0 Å². The lowest BCUT2D eigenvalue weighted by atomic mass is 10.0. The molecule has 0 aliphatic rings. The standard InChI is InChI=1S/C14H30NO4P/c1-12(7-5-6-8-18-4)10-15-11-13(2)9-14(3)19-20(16)17/h10,13-15,20H,5-9,11H2,1-4H3,(H,16,17)/b12-10+. The minimum atomic E-state index is -2.82. The Morgan fingerprint density at radius 1 is 1.40 bits per heavy atom. The Balaban J connectivity index is 3.72. The molecule has 0 aliphatic heterocycles. The van der Waals surface area contributed by atoms with E-state index in [0.29, 0.717) is 5.92 Å². The van der Waals surface area contributed by atoms with Crippen LogP contribution in [0.15, 0.2) is 11.8 Å². The number of hydrogen-bond donors (Lipinski definition) is 2. The van der Waals surface area contributed by atoms with Gasteiger partial charge in [0.1, 0.15) is 0 Å². The van der Waals surface area contributed by atoms with Gasteiger partial charge in [0.25, 0.3) is 0 Å². The van der Waals surface area contributed by atoms with Crippen LogP contribution in [0.1, 0.15) is 46.5 Å². The zero-order valence-corrected chi connectivity index (χ0v) is 14.1.